The molecule has 0 saturated carbocycles. The predicted octanol–water partition coefficient (Wildman–Crippen LogP) is 5.55. The highest BCUT2D eigenvalue weighted by Gasteiger charge is 2.09. The first-order valence-electron chi connectivity index (χ1n) is 9.83. The van der Waals surface area contributed by atoms with Gasteiger partial charge in [-0.15, -0.1) is 0 Å². The van der Waals surface area contributed by atoms with Crippen LogP contribution in [-0.4, -0.2) is 26.3 Å². The van der Waals surface area contributed by atoms with Gasteiger partial charge in [0.25, 0.3) is 0 Å². The monoisotopic (exact) mass is 390 g/mol. The second-order valence-electron chi connectivity index (χ2n) is 6.73. The molecule has 0 unspecified atom stereocenters. The van der Waals surface area contributed by atoms with E-state index in [1.165, 1.54) is 0 Å². The maximum atomic E-state index is 12.4. The van der Waals surface area contributed by atoms with E-state index >= 15 is 0 Å². The van der Waals surface area contributed by atoms with Gasteiger partial charge in [0.05, 0.1) is 18.8 Å². The van der Waals surface area contributed by atoms with Crippen molar-refractivity contribution in [3.8, 4) is 22.6 Å². The molecule has 0 aliphatic carbocycles. The minimum atomic E-state index is -0.371. The second kappa shape index (κ2) is 10.4. The zero-order chi connectivity index (χ0) is 20.5. The number of hydrogen-bond acceptors (Lipinski definition) is 4. The van der Waals surface area contributed by atoms with Crippen LogP contribution in [0.25, 0.3) is 11.1 Å². The van der Waals surface area contributed by atoms with Gasteiger partial charge >= 0.3 is 5.97 Å². The minimum Gasteiger partial charge on any atom is -0.494 e. The Hall–Kier alpha value is -3.11. The second-order valence-corrected chi connectivity index (χ2v) is 6.73. The van der Waals surface area contributed by atoms with E-state index in [-0.39, 0.29) is 5.97 Å². The molecule has 0 fully saturated rings. The normalized spacial score (nSPS) is 10.6. The lowest BCUT2D eigenvalue weighted by molar-refractivity contribution is 0.0734. The summed E-state index contributed by atoms with van der Waals surface area (Å²) >= 11 is 0. The number of rotatable bonds is 9. The van der Waals surface area contributed by atoms with Gasteiger partial charge in [-0.05, 0) is 65.9 Å². The van der Waals surface area contributed by atoms with Crippen LogP contribution in [0, 0.1) is 0 Å². The minimum absolute atomic E-state index is 0.371. The third-order valence-corrected chi connectivity index (χ3v) is 4.51. The molecule has 0 heterocycles. The van der Waals surface area contributed by atoms with Crippen molar-refractivity contribution < 1.29 is 19.0 Å². The van der Waals surface area contributed by atoms with Crippen LogP contribution >= 0.6 is 0 Å². The lowest BCUT2D eigenvalue weighted by Gasteiger charge is -2.08. The van der Waals surface area contributed by atoms with Crippen LogP contribution in [-0.2, 0) is 11.2 Å². The average molecular weight is 390 g/mol. The summed E-state index contributed by atoms with van der Waals surface area (Å²) in [5.41, 5.74) is 3.76. The first-order valence-corrected chi connectivity index (χ1v) is 9.83. The van der Waals surface area contributed by atoms with Crippen molar-refractivity contribution in [2.75, 3.05) is 20.3 Å². The third-order valence-electron chi connectivity index (χ3n) is 4.51. The Morgan fingerprint density at radius 3 is 1.93 bits per heavy atom. The van der Waals surface area contributed by atoms with Crippen molar-refractivity contribution in [2.24, 2.45) is 0 Å². The van der Waals surface area contributed by atoms with E-state index < -0.39 is 0 Å². The molecule has 3 rings (SSSR count). The Balaban J connectivity index is 1.61. The van der Waals surface area contributed by atoms with Gasteiger partial charge < -0.3 is 14.2 Å². The zero-order valence-corrected chi connectivity index (χ0v) is 16.9. The maximum absolute atomic E-state index is 12.4. The molecule has 3 aromatic carbocycles. The summed E-state index contributed by atoms with van der Waals surface area (Å²) in [4.78, 5) is 12.4. The summed E-state index contributed by atoms with van der Waals surface area (Å²) in [6.07, 6.45) is 1.81. The van der Waals surface area contributed by atoms with Crippen LogP contribution in [0.4, 0.5) is 0 Å². The molecule has 0 bridgehead atoms. The SMILES string of the molecule is CCCOc1ccc(-c2ccc(C(=O)Oc3ccc(CCOC)cc3)cc2)cc1. The van der Waals surface area contributed by atoms with Gasteiger partial charge in [0, 0.05) is 7.11 Å². The first kappa shape index (κ1) is 20.6. The van der Waals surface area contributed by atoms with Crippen molar-refractivity contribution in [2.45, 2.75) is 19.8 Å². The molecule has 0 aromatic heterocycles. The Kier molecular flexibility index (Phi) is 7.42. The highest BCUT2D eigenvalue weighted by atomic mass is 16.5. The van der Waals surface area contributed by atoms with Gasteiger partial charge in [0.1, 0.15) is 11.5 Å². The highest BCUT2D eigenvalue weighted by Crippen LogP contribution is 2.23. The highest BCUT2D eigenvalue weighted by molar-refractivity contribution is 5.91. The van der Waals surface area contributed by atoms with E-state index in [2.05, 4.69) is 6.92 Å². The number of carbonyl (C=O) groups is 1. The molecule has 0 atom stereocenters. The molecular weight excluding hydrogens is 364 g/mol. The average Bonchev–Trinajstić information content (AvgIpc) is 2.77. The van der Waals surface area contributed by atoms with Crippen LogP contribution in [0.15, 0.2) is 72.8 Å². The Morgan fingerprint density at radius 2 is 1.34 bits per heavy atom. The Bertz CT molecular complexity index is 897. The largest absolute Gasteiger partial charge is 0.494 e. The number of hydrogen-bond donors (Lipinski definition) is 0. The van der Waals surface area contributed by atoms with Gasteiger partial charge in [-0.2, -0.15) is 0 Å². The van der Waals surface area contributed by atoms with E-state index in [1.807, 2.05) is 48.5 Å². The van der Waals surface area contributed by atoms with Crippen molar-refractivity contribution >= 4 is 5.97 Å². The number of benzene rings is 3. The maximum Gasteiger partial charge on any atom is 0.343 e. The molecule has 4 nitrogen and oxygen atoms in total. The molecule has 0 N–H and O–H groups in total. The summed E-state index contributed by atoms with van der Waals surface area (Å²) in [5.74, 6) is 1.02. The quantitative estimate of drug-likeness (QED) is 0.355. The fourth-order valence-electron chi connectivity index (χ4n) is 2.87. The first-order chi connectivity index (χ1) is 14.2. The van der Waals surface area contributed by atoms with Gasteiger partial charge in [-0.25, -0.2) is 4.79 Å². The molecule has 0 saturated heterocycles. The van der Waals surface area contributed by atoms with E-state index in [4.69, 9.17) is 14.2 Å². The van der Waals surface area contributed by atoms with Crippen LogP contribution in [0.5, 0.6) is 11.5 Å². The van der Waals surface area contributed by atoms with Gasteiger partial charge in [0.15, 0.2) is 0 Å². The number of methoxy groups -OCH3 is 1. The van der Waals surface area contributed by atoms with Crippen molar-refractivity contribution in [1.82, 2.24) is 0 Å². The molecule has 150 valence electrons. The summed E-state index contributed by atoms with van der Waals surface area (Å²) < 4.78 is 16.2. The summed E-state index contributed by atoms with van der Waals surface area (Å²) in [6.45, 7) is 3.46. The van der Waals surface area contributed by atoms with Crippen LogP contribution in [0.1, 0.15) is 29.3 Å². The van der Waals surface area contributed by atoms with Crippen LogP contribution in [0.3, 0.4) is 0 Å². The summed E-state index contributed by atoms with van der Waals surface area (Å²) in [5, 5.41) is 0. The summed E-state index contributed by atoms with van der Waals surface area (Å²) in [7, 11) is 1.68. The van der Waals surface area contributed by atoms with Crippen molar-refractivity contribution in [3.63, 3.8) is 0 Å². The van der Waals surface area contributed by atoms with Crippen LogP contribution < -0.4 is 9.47 Å². The van der Waals surface area contributed by atoms with Gasteiger partial charge in [-0.1, -0.05) is 43.3 Å². The molecule has 29 heavy (non-hydrogen) atoms. The number of ether oxygens (including phenoxy) is 3. The van der Waals surface area contributed by atoms with Crippen molar-refractivity contribution in [3.05, 3.63) is 83.9 Å². The zero-order valence-electron chi connectivity index (χ0n) is 16.9. The van der Waals surface area contributed by atoms with Crippen molar-refractivity contribution in [1.29, 1.82) is 0 Å². The summed E-state index contributed by atoms with van der Waals surface area (Å²) in [6, 6.07) is 22.9. The van der Waals surface area contributed by atoms with Crippen LogP contribution in [0.2, 0.25) is 0 Å². The van der Waals surface area contributed by atoms with E-state index in [1.54, 1.807) is 31.4 Å². The Labute approximate surface area is 172 Å². The van der Waals surface area contributed by atoms with E-state index in [9.17, 15) is 4.79 Å². The lowest BCUT2D eigenvalue weighted by atomic mass is 10.0. The number of carbonyl (C=O) groups excluding carboxylic acids is 1. The Morgan fingerprint density at radius 1 is 0.759 bits per heavy atom. The van der Waals surface area contributed by atoms with Gasteiger partial charge in [-0.3, -0.25) is 0 Å². The molecule has 0 amide bonds. The fourth-order valence-corrected chi connectivity index (χ4v) is 2.87. The predicted molar refractivity (Wildman–Crippen MR) is 115 cm³/mol. The lowest BCUT2D eigenvalue weighted by Crippen LogP contribution is -2.08. The molecule has 0 aliphatic rings. The fraction of sp³-hybridized carbons (Fsp3) is 0.240. The van der Waals surface area contributed by atoms with Gasteiger partial charge in [0.2, 0.25) is 0 Å². The smallest absolute Gasteiger partial charge is 0.343 e. The molecule has 0 spiro atoms. The molecule has 3 aromatic rings. The standard InChI is InChI=1S/C25H26O4/c1-3-17-28-23-14-10-21(11-15-23)20-6-8-22(9-7-20)25(26)29-24-12-4-19(5-13-24)16-18-27-2/h4-15H,3,16-18H2,1-2H3. The molecule has 0 aliphatic heterocycles. The van der Waals surface area contributed by atoms with E-state index in [0.717, 1.165) is 35.3 Å². The number of esters is 1. The van der Waals surface area contributed by atoms with E-state index in [0.29, 0.717) is 24.5 Å². The molecule has 4 heteroatoms. The molecular formula is C25H26O4. The third kappa shape index (κ3) is 5.93. The molecule has 0 radical (unpaired) electrons. The topological polar surface area (TPSA) is 44.8 Å².